The summed E-state index contributed by atoms with van der Waals surface area (Å²) in [5.74, 6) is 0.791. The first-order chi connectivity index (χ1) is 8.54. The van der Waals surface area contributed by atoms with Crippen molar-refractivity contribution >= 4 is 29.0 Å². The number of hydrogen-bond donors (Lipinski definition) is 2. The number of benzene rings is 1. The fourth-order valence-corrected chi connectivity index (χ4v) is 1.94. The van der Waals surface area contributed by atoms with Gasteiger partial charge in [-0.2, -0.15) is 0 Å². The van der Waals surface area contributed by atoms with E-state index in [1.54, 1.807) is 18.2 Å². The standard InChI is InChI=1S/C12H11Cl2N3O/c1-7(8-2-4-9(18)5-3-8)15-11-6-10(13)16-12(14)17-11/h2-7,18H,1H3,(H,15,16,17). The average Bonchev–Trinajstić information content (AvgIpc) is 2.28. The highest BCUT2D eigenvalue weighted by Gasteiger charge is 2.08. The predicted octanol–water partition coefficient (Wildman–Crippen LogP) is 3.66. The number of nitrogens with zero attached hydrogens (tertiary/aromatic N) is 2. The van der Waals surface area contributed by atoms with Gasteiger partial charge in [-0.1, -0.05) is 23.7 Å². The van der Waals surface area contributed by atoms with Gasteiger partial charge >= 0.3 is 0 Å². The van der Waals surface area contributed by atoms with Crippen molar-refractivity contribution in [2.75, 3.05) is 5.32 Å². The number of rotatable bonds is 3. The first-order valence-corrected chi connectivity index (χ1v) is 6.06. The lowest BCUT2D eigenvalue weighted by atomic mass is 10.1. The van der Waals surface area contributed by atoms with E-state index in [0.717, 1.165) is 5.56 Å². The number of hydrogen-bond acceptors (Lipinski definition) is 4. The normalized spacial score (nSPS) is 12.2. The predicted molar refractivity (Wildman–Crippen MR) is 72.2 cm³/mol. The maximum Gasteiger partial charge on any atom is 0.225 e. The molecule has 0 spiro atoms. The lowest BCUT2D eigenvalue weighted by molar-refractivity contribution is 0.475. The van der Waals surface area contributed by atoms with Crippen LogP contribution in [0, 0.1) is 0 Å². The van der Waals surface area contributed by atoms with Gasteiger partial charge in [0.2, 0.25) is 5.28 Å². The van der Waals surface area contributed by atoms with E-state index < -0.39 is 0 Å². The van der Waals surface area contributed by atoms with Crippen molar-refractivity contribution in [1.82, 2.24) is 9.97 Å². The molecule has 1 aromatic heterocycles. The minimum atomic E-state index is 0.00707. The lowest BCUT2D eigenvalue weighted by Crippen LogP contribution is -2.08. The Morgan fingerprint density at radius 1 is 1.17 bits per heavy atom. The number of halogens is 2. The van der Waals surface area contributed by atoms with E-state index in [4.69, 9.17) is 23.2 Å². The lowest BCUT2D eigenvalue weighted by Gasteiger charge is -2.15. The molecular formula is C12H11Cl2N3O. The third kappa shape index (κ3) is 3.24. The fourth-order valence-electron chi connectivity index (χ4n) is 1.53. The van der Waals surface area contributed by atoms with Gasteiger partial charge in [-0.3, -0.25) is 0 Å². The van der Waals surface area contributed by atoms with Crippen LogP contribution >= 0.6 is 23.2 Å². The van der Waals surface area contributed by atoms with Crippen LogP contribution in [0.15, 0.2) is 30.3 Å². The second-order valence-corrected chi connectivity index (χ2v) is 4.53. The molecule has 0 amide bonds. The zero-order chi connectivity index (χ0) is 13.1. The Kier molecular flexibility index (Phi) is 3.89. The minimum absolute atomic E-state index is 0.00707. The largest absolute Gasteiger partial charge is 0.508 e. The maximum atomic E-state index is 9.23. The van der Waals surface area contributed by atoms with Crippen LogP contribution in [0.1, 0.15) is 18.5 Å². The number of aromatic nitrogens is 2. The van der Waals surface area contributed by atoms with Gasteiger partial charge in [-0.25, -0.2) is 9.97 Å². The minimum Gasteiger partial charge on any atom is -0.508 e. The van der Waals surface area contributed by atoms with Crippen LogP contribution in [0.2, 0.25) is 10.4 Å². The summed E-state index contributed by atoms with van der Waals surface area (Å²) in [6.45, 7) is 1.97. The van der Waals surface area contributed by atoms with E-state index in [9.17, 15) is 5.11 Å². The topological polar surface area (TPSA) is 58.0 Å². The van der Waals surface area contributed by atoms with Crippen LogP contribution in [0.5, 0.6) is 5.75 Å². The monoisotopic (exact) mass is 283 g/mol. The molecule has 1 atom stereocenters. The number of nitrogens with one attached hydrogen (secondary N) is 1. The Morgan fingerprint density at radius 3 is 2.44 bits per heavy atom. The molecule has 0 aliphatic carbocycles. The molecule has 0 saturated heterocycles. The van der Waals surface area contributed by atoms with Gasteiger partial charge in [0.05, 0.1) is 0 Å². The fraction of sp³-hybridized carbons (Fsp3) is 0.167. The molecule has 94 valence electrons. The molecule has 18 heavy (non-hydrogen) atoms. The summed E-state index contributed by atoms with van der Waals surface area (Å²) in [6.07, 6.45) is 0. The molecule has 0 aliphatic rings. The maximum absolute atomic E-state index is 9.23. The first-order valence-electron chi connectivity index (χ1n) is 5.30. The molecule has 0 fully saturated rings. The summed E-state index contributed by atoms with van der Waals surface area (Å²) >= 11 is 11.5. The molecule has 0 bridgehead atoms. The molecule has 6 heteroatoms. The van der Waals surface area contributed by atoms with Crippen molar-refractivity contribution in [3.8, 4) is 5.75 Å². The number of aromatic hydroxyl groups is 1. The highest BCUT2D eigenvalue weighted by atomic mass is 35.5. The van der Waals surface area contributed by atoms with Crippen LogP contribution < -0.4 is 5.32 Å². The zero-order valence-electron chi connectivity index (χ0n) is 9.56. The molecule has 1 unspecified atom stereocenters. The summed E-state index contributed by atoms with van der Waals surface area (Å²) in [7, 11) is 0. The molecule has 0 saturated carbocycles. The average molecular weight is 284 g/mol. The molecule has 2 rings (SSSR count). The van der Waals surface area contributed by atoms with Crippen LogP contribution in [0.25, 0.3) is 0 Å². The number of phenolic OH excluding ortho intramolecular Hbond substituents is 1. The van der Waals surface area contributed by atoms with Gasteiger partial charge in [0, 0.05) is 12.1 Å². The second kappa shape index (κ2) is 5.42. The van der Waals surface area contributed by atoms with Crippen LogP contribution in [0.4, 0.5) is 5.82 Å². The zero-order valence-corrected chi connectivity index (χ0v) is 11.1. The third-order valence-electron chi connectivity index (χ3n) is 2.43. The number of anilines is 1. The molecule has 4 nitrogen and oxygen atoms in total. The van der Waals surface area contributed by atoms with Crippen LogP contribution in [-0.4, -0.2) is 15.1 Å². The summed E-state index contributed by atoms with van der Waals surface area (Å²) in [4.78, 5) is 7.80. The van der Waals surface area contributed by atoms with Crippen molar-refractivity contribution in [3.63, 3.8) is 0 Å². The van der Waals surface area contributed by atoms with E-state index >= 15 is 0 Å². The van der Waals surface area contributed by atoms with Crippen molar-refractivity contribution in [1.29, 1.82) is 0 Å². The molecule has 0 aliphatic heterocycles. The van der Waals surface area contributed by atoms with E-state index in [-0.39, 0.29) is 22.2 Å². The summed E-state index contributed by atoms with van der Waals surface area (Å²) in [5.41, 5.74) is 1.01. The van der Waals surface area contributed by atoms with Gasteiger partial charge in [0.15, 0.2) is 0 Å². The molecule has 2 aromatic rings. The first kappa shape index (κ1) is 12.9. The quantitative estimate of drug-likeness (QED) is 0.667. The summed E-state index contributed by atoms with van der Waals surface area (Å²) < 4.78 is 0. The summed E-state index contributed by atoms with van der Waals surface area (Å²) in [6, 6.07) is 8.53. The Hall–Kier alpha value is -1.52. The Morgan fingerprint density at radius 2 is 1.83 bits per heavy atom. The van der Waals surface area contributed by atoms with E-state index in [1.807, 2.05) is 19.1 Å². The summed E-state index contributed by atoms with van der Waals surface area (Å²) in [5, 5.41) is 12.8. The van der Waals surface area contributed by atoms with E-state index in [1.165, 1.54) is 0 Å². The van der Waals surface area contributed by atoms with Crippen molar-refractivity contribution in [2.45, 2.75) is 13.0 Å². The van der Waals surface area contributed by atoms with Gasteiger partial charge in [0.1, 0.15) is 16.7 Å². The Labute approximate surface area is 115 Å². The van der Waals surface area contributed by atoms with Crippen molar-refractivity contribution < 1.29 is 5.11 Å². The molecule has 1 heterocycles. The second-order valence-electron chi connectivity index (χ2n) is 3.80. The molecule has 2 N–H and O–H groups in total. The van der Waals surface area contributed by atoms with Gasteiger partial charge in [-0.15, -0.1) is 0 Å². The smallest absolute Gasteiger partial charge is 0.225 e. The van der Waals surface area contributed by atoms with Gasteiger partial charge < -0.3 is 10.4 Å². The van der Waals surface area contributed by atoms with E-state index in [2.05, 4.69) is 15.3 Å². The third-order valence-corrected chi connectivity index (χ3v) is 2.79. The number of phenols is 1. The highest BCUT2D eigenvalue weighted by Crippen LogP contribution is 2.22. The van der Waals surface area contributed by atoms with E-state index in [0.29, 0.717) is 5.82 Å². The van der Waals surface area contributed by atoms with Crippen LogP contribution in [0.3, 0.4) is 0 Å². The molecule has 0 radical (unpaired) electrons. The Balaban J connectivity index is 2.15. The van der Waals surface area contributed by atoms with Gasteiger partial charge in [-0.05, 0) is 36.2 Å². The van der Waals surface area contributed by atoms with Crippen molar-refractivity contribution in [2.24, 2.45) is 0 Å². The SMILES string of the molecule is CC(Nc1cc(Cl)nc(Cl)n1)c1ccc(O)cc1. The Bertz CT molecular complexity index is 525. The molecular weight excluding hydrogens is 273 g/mol. The van der Waals surface area contributed by atoms with Crippen molar-refractivity contribution in [3.05, 3.63) is 46.3 Å². The molecule has 1 aromatic carbocycles. The van der Waals surface area contributed by atoms with Gasteiger partial charge in [0.25, 0.3) is 0 Å². The van der Waals surface area contributed by atoms with Crippen LogP contribution in [-0.2, 0) is 0 Å². The highest BCUT2D eigenvalue weighted by molar-refractivity contribution is 6.32.